The zero-order valence-electron chi connectivity index (χ0n) is 11.0. The maximum atomic E-state index is 10.5. The number of rotatable bonds is 3. The monoisotopic (exact) mass is 250 g/mol. The predicted molar refractivity (Wildman–Crippen MR) is 68.3 cm³/mol. The number of hydrogen-bond acceptors (Lipinski definition) is 3. The lowest BCUT2D eigenvalue weighted by atomic mass is 9.70. The Morgan fingerprint density at radius 2 is 2.28 bits per heavy atom. The molecule has 1 spiro atoms. The van der Waals surface area contributed by atoms with Crippen LogP contribution in [0.2, 0.25) is 0 Å². The summed E-state index contributed by atoms with van der Waals surface area (Å²) in [6.45, 7) is 2.84. The summed E-state index contributed by atoms with van der Waals surface area (Å²) in [4.78, 5) is 0. The van der Waals surface area contributed by atoms with E-state index in [0.29, 0.717) is 0 Å². The van der Waals surface area contributed by atoms with Gasteiger partial charge in [-0.25, -0.2) is 0 Å². The van der Waals surface area contributed by atoms with E-state index in [1.54, 1.807) is 0 Å². The molecule has 18 heavy (non-hydrogen) atoms. The van der Waals surface area contributed by atoms with Gasteiger partial charge in [0.15, 0.2) is 0 Å². The maximum absolute atomic E-state index is 10.5. The minimum absolute atomic E-state index is 0.0874. The Kier molecular flexibility index (Phi) is 3.20. The molecule has 3 heteroatoms. The van der Waals surface area contributed by atoms with Crippen molar-refractivity contribution in [3.05, 3.63) is 23.7 Å². The lowest BCUT2D eigenvalue weighted by molar-refractivity contribution is -0.158. The molecule has 0 radical (unpaired) electrons. The van der Waals surface area contributed by atoms with Crippen LogP contribution in [0.4, 0.5) is 0 Å². The quantitative estimate of drug-likeness (QED) is 0.895. The summed E-state index contributed by atoms with van der Waals surface area (Å²) in [6.07, 6.45) is 5.92. The largest absolute Gasteiger partial charge is 0.463 e. The first-order valence-corrected chi connectivity index (χ1v) is 7.13. The minimum Gasteiger partial charge on any atom is -0.463 e. The molecule has 2 aliphatic rings. The van der Waals surface area contributed by atoms with E-state index in [0.717, 1.165) is 50.2 Å². The Morgan fingerprint density at radius 1 is 1.44 bits per heavy atom. The molecule has 3 rings (SSSR count). The zero-order chi connectivity index (χ0) is 12.6. The third-order valence-electron chi connectivity index (χ3n) is 4.56. The normalized spacial score (nSPS) is 28.0. The average molecular weight is 250 g/mol. The molecule has 2 fully saturated rings. The molecular weight excluding hydrogens is 228 g/mol. The summed E-state index contributed by atoms with van der Waals surface area (Å²) < 4.78 is 11.6. The number of aliphatic hydroxyl groups excluding tert-OH is 1. The molecule has 2 atom stereocenters. The summed E-state index contributed by atoms with van der Waals surface area (Å²) in [5, 5.41) is 10.5. The molecule has 0 bridgehead atoms. The second kappa shape index (κ2) is 4.71. The fourth-order valence-corrected chi connectivity index (χ4v) is 3.23. The summed E-state index contributed by atoms with van der Waals surface area (Å²) >= 11 is 0. The average Bonchev–Trinajstić information content (AvgIpc) is 2.85. The standard InChI is InChI=1S/C15H22O3/c1-2-12-4-5-13(18-12)14(16)11-6-9-17-15(10-11)7-3-8-15/h4-5,11,14,16H,2-3,6-10H2,1H3. The topological polar surface area (TPSA) is 42.6 Å². The Labute approximate surface area is 108 Å². The van der Waals surface area contributed by atoms with Crippen molar-refractivity contribution in [2.75, 3.05) is 6.61 Å². The first kappa shape index (κ1) is 12.2. The highest BCUT2D eigenvalue weighted by molar-refractivity contribution is 5.11. The van der Waals surface area contributed by atoms with Crippen LogP contribution in [0.1, 0.15) is 56.7 Å². The van der Waals surface area contributed by atoms with Crippen molar-refractivity contribution >= 4 is 0 Å². The summed E-state index contributed by atoms with van der Waals surface area (Å²) in [5.74, 6) is 1.97. The Bertz CT molecular complexity index is 406. The van der Waals surface area contributed by atoms with Crippen molar-refractivity contribution < 1.29 is 14.3 Å². The van der Waals surface area contributed by atoms with Crippen molar-refractivity contribution in [2.45, 2.75) is 57.2 Å². The molecule has 2 heterocycles. The molecule has 1 aliphatic heterocycles. The van der Waals surface area contributed by atoms with Gasteiger partial charge < -0.3 is 14.3 Å². The van der Waals surface area contributed by atoms with Gasteiger partial charge in [0, 0.05) is 13.0 Å². The third kappa shape index (κ3) is 2.10. The van der Waals surface area contributed by atoms with Crippen molar-refractivity contribution in [3.63, 3.8) is 0 Å². The Hall–Kier alpha value is -0.800. The molecule has 1 aromatic heterocycles. The second-order valence-electron chi connectivity index (χ2n) is 5.74. The SMILES string of the molecule is CCc1ccc(C(O)C2CCOC3(CCC3)C2)o1. The van der Waals surface area contributed by atoms with Gasteiger partial charge >= 0.3 is 0 Å². The molecule has 0 amide bonds. The zero-order valence-corrected chi connectivity index (χ0v) is 11.0. The van der Waals surface area contributed by atoms with Gasteiger partial charge in [0.25, 0.3) is 0 Å². The van der Waals surface area contributed by atoms with Crippen molar-refractivity contribution in [1.82, 2.24) is 0 Å². The fourth-order valence-electron chi connectivity index (χ4n) is 3.23. The molecule has 1 saturated heterocycles. The van der Waals surface area contributed by atoms with Crippen molar-refractivity contribution in [3.8, 4) is 0 Å². The van der Waals surface area contributed by atoms with Gasteiger partial charge in [-0.05, 0) is 50.2 Å². The van der Waals surface area contributed by atoms with E-state index in [-0.39, 0.29) is 11.5 Å². The fraction of sp³-hybridized carbons (Fsp3) is 0.733. The van der Waals surface area contributed by atoms with E-state index >= 15 is 0 Å². The summed E-state index contributed by atoms with van der Waals surface area (Å²) in [5.41, 5.74) is 0.0874. The first-order chi connectivity index (χ1) is 8.72. The second-order valence-corrected chi connectivity index (χ2v) is 5.74. The molecule has 1 aliphatic carbocycles. The lowest BCUT2D eigenvalue weighted by Gasteiger charge is -2.47. The van der Waals surface area contributed by atoms with Gasteiger partial charge in [-0.2, -0.15) is 0 Å². The van der Waals surface area contributed by atoms with Gasteiger partial charge in [0.05, 0.1) is 5.60 Å². The molecule has 2 unspecified atom stereocenters. The molecule has 3 nitrogen and oxygen atoms in total. The van der Waals surface area contributed by atoms with E-state index in [1.807, 2.05) is 12.1 Å². The van der Waals surface area contributed by atoms with Crippen LogP contribution in [-0.2, 0) is 11.2 Å². The van der Waals surface area contributed by atoms with Gasteiger partial charge in [0.2, 0.25) is 0 Å². The van der Waals surface area contributed by atoms with Crippen molar-refractivity contribution in [1.29, 1.82) is 0 Å². The molecular formula is C15H22O3. The lowest BCUT2D eigenvalue weighted by Crippen LogP contribution is -2.46. The van der Waals surface area contributed by atoms with Crippen LogP contribution < -0.4 is 0 Å². The van der Waals surface area contributed by atoms with E-state index in [2.05, 4.69) is 6.92 Å². The first-order valence-electron chi connectivity index (χ1n) is 7.13. The highest BCUT2D eigenvalue weighted by atomic mass is 16.5. The molecule has 1 aromatic rings. The van der Waals surface area contributed by atoms with Crippen LogP contribution in [0.3, 0.4) is 0 Å². The molecule has 1 N–H and O–H groups in total. The smallest absolute Gasteiger partial charge is 0.132 e. The van der Waals surface area contributed by atoms with E-state index in [4.69, 9.17) is 9.15 Å². The maximum Gasteiger partial charge on any atom is 0.132 e. The highest BCUT2D eigenvalue weighted by Crippen LogP contribution is 2.47. The Balaban J connectivity index is 1.69. The van der Waals surface area contributed by atoms with E-state index < -0.39 is 6.10 Å². The predicted octanol–water partition coefficient (Wildman–Crippen LogP) is 3.22. The molecule has 1 saturated carbocycles. The van der Waals surface area contributed by atoms with Gasteiger partial charge in [0.1, 0.15) is 17.6 Å². The van der Waals surface area contributed by atoms with Crippen molar-refractivity contribution in [2.24, 2.45) is 5.92 Å². The molecule has 0 aromatic carbocycles. The van der Waals surface area contributed by atoms with E-state index in [9.17, 15) is 5.11 Å². The van der Waals surface area contributed by atoms with Crippen LogP contribution in [0, 0.1) is 5.92 Å². The summed E-state index contributed by atoms with van der Waals surface area (Å²) in [6, 6.07) is 3.89. The summed E-state index contributed by atoms with van der Waals surface area (Å²) in [7, 11) is 0. The minimum atomic E-state index is -0.466. The van der Waals surface area contributed by atoms with Crippen LogP contribution in [0.25, 0.3) is 0 Å². The van der Waals surface area contributed by atoms with E-state index in [1.165, 1.54) is 6.42 Å². The highest BCUT2D eigenvalue weighted by Gasteiger charge is 2.44. The number of aliphatic hydroxyl groups is 1. The number of ether oxygens (including phenoxy) is 1. The van der Waals surface area contributed by atoms with Crippen LogP contribution in [-0.4, -0.2) is 17.3 Å². The Morgan fingerprint density at radius 3 is 2.89 bits per heavy atom. The number of furan rings is 1. The van der Waals surface area contributed by atoms with Crippen LogP contribution in [0.5, 0.6) is 0 Å². The number of hydrogen-bond donors (Lipinski definition) is 1. The molecule has 100 valence electrons. The third-order valence-corrected chi connectivity index (χ3v) is 4.56. The van der Waals surface area contributed by atoms with Gasteiger partial charge in [-0.3, -0.25) is 0 Å². The van der Waals surface area contributed by atoms with Gasteiger partial charge in [-0.1, -0.05) is 6.92 Å². The van der Waals surface area contributed by atoms with Gasteiger partial charge in [-0.15, -0.1) is 0 Å². The van der Waals surface area contributed by atoms with Crippen LogP contribution in [0.15, 0.2) is 16.5 Å². The number of aryl methyl sites for hydroxylation is 1. The van der Waals surface area contributed by atoms with Crippen LogP contribution >= 0.6 is 0 Å².